The summed E-state index contributed by atoms with van der Waals surface area (Å²) >= 11 is 0. The third-order valence-electron chi connectivity index (χ3n) is 4.48. The number of benzene rings is 1. The Kier molecular flexibility index (Phi) is 7.18. The third kappa shape index (κ3) is 5.67. The zero-order chi connectivity index (χ0) is 23.2. The number of rotatable bonds is 9. The molecule has 0 atom stereocenters. The monoisotopic (exact) mass is 465 g/mol. The van der Waals surface area contributed by atoms with Crippen molar-refractivity contribution in [3.8, 4) is 0 Å². The number of hydrogen-bond acceptors (Lipinski definition) is 6. The Morgan fingerprint density at radius 3 is 1.94 bits per heavy atom. The van der Waals surface area contributed by atoms with Crippen LogP contribution < -0.4 is 14.9 Å². The van der Waals surface area contributed by atoms with Crippen LogP contribution in [-0.4, -0.2) is 38.0 Å². The Balaban J connectivity index is 1.55. The van der Waals surface area contributed by atoms with Crippen LogP contribution in [0.2, 0.25) is 0 Å². The molecule has 0 aliphatic carbocycles. The number of halogens is 3. The van der Waals surface area contributed by atoms with Crippen molar-refractivity contribution in [1.29, 1.82) is 0 Å². The molecule has 0 bridgehead atoms. The largest absolute Gasteiger partial charge is 0.417 e. The number of hydrogen-bond donors (Lipinski definition) is 2. The van der Waals surface area contributed by atoms with Crippen LogP contribution in [0, 0.1) is 0 Å². The molecular weight excluding hydrogens is 443 g/mol. The van der Waals surface area contributed by atoms with Crippen LogP contribution in [0.15, 0.2) is 71.9 Å². The van der Waals surface area contributed by atoms with Crippen LogP contribution >= 0.6 is 0 Å². The van der Waals surface area contributed by atoms with Gasteiger partial charge in [-0.25, -0.2) is 18.4 Å². The van der Waals surface area contributed by atoms with Crippen molar-refractivity contribution >= 4 is 27.3 Å². The van der Waals surface area contributed by atoms with Crippen molar-refractivity contribution in [2.45, 2.75) is 18.0 Å². The molecule has 0 aliphatic heterocycles. The predicted octanol–water partition coefficient (Wildman–Crippen LogP) is 4.23. The van der Waals surface area contributed by atoms with E-state index in [2.05, 4.69) is 20.6 Å². The summed E-state index contributed by atoms with van der Waals surface area (Å²) in [5.41, 5.74) is -0.241. The van der Waals surface area contributed by atoms with Gasteiger partial charge in [0.2, 0.25) is 0 Å². The molecule has 2 aromatic heterocycles. The number of aromatic nitrogens is 2. The molecule has 2 N–H and O–H groups in total. The molecule has 0 fully saturated rings. The Morgan fingerprint density at radius 2 is 1.47 bits per heavy atom. The first-order chi connectivity index (χ1) is 15.2. The number of pyridine rings is 2. The molecule has 0 spiro atoms. The molecule has 170 valence electrons. The van der Waals surface area contributed by atoms with Crippen LogP contribution in [0.5, 0.6) is 0 Å². The fraction of sp³-hybridized carbons (Fsp3) is 0.238. The summed E-state index contributed by atoms with van der Waals surface area (Å²) < 4.78 is 64.9. The first-order valence-electron chi connectivity index (χ1n) is 9.76. The molecule has 0 saturated carbocycles. The van der Waals surface area contributed by atoms with E-state index in [1.165, 1.54) is 22.6 Å². The maximum absolute atomic E-state index is 13.0. The van der Waals surface area contributed by atoms with Crippen LogP contribution in [-0.2, 0) is 16.2 Å². The standard InChI is InChI=1S/C21H22F3N5O2S/c1-2-29(17-6-4-3-5-7-17)32(30,31)18-9-11-20(28-15-18)26-13-12-25-19-10-8-16(14-27-19)21(22,23)24/h3-11,14-15H,2,12-13H2,1H3,(H,25,27)(H,26,28). The lowest BCUT2D eigenvalue weighted by molar-refractivity contribution is -0.137. The van der Waals surface area contributed by atoms with Gasteiger partial charge in [-0.15, -0.1) is 0 Å². The molecular formula is C21H22F3N5O2S. The van der Waals surface area contributed by atoms with Gasteiger partial charge in [0.15, 0.2) is 0 Å². The summed E-state index contributed by atoms with van der Waals surface area (Å²) in [5, 5.41) is 5.91. The van der Waals surface area contributed by atoms with Gasteiger partial charge in [0.25, 0.3) is 10.0 Å². The molecule has 0 radical (unpaired) electrons. The van der Waals surface area contributed by atoms with Gasteiger partial charge in [-0.3, -0.25) is 4.31 Å². The highest BCUT2D eigenvalue weighted by atomic mass is 32.2. The first-order valence-corrected chi connectivity index (χ1v) is 11.2. The molecule has 0 saturated heterocycles. The molecule has 3 rings (SSSR count). The van der Waals surface area contributed by atoms with Crippen molar-refractivity contribution in [3.05, 3.63) is 72.6 Å². The minimum Gasteiger partial charge on any atom is -0.368 e. The average molecular weight is 466 g/mol. The fourth-order valence-corrected chi connectivity index (χ4v) is 4.32. The topological polar surface area (TPSA) is 87.2 Å². The normalized spacial score (nSPS) is 11.8. The lowest BCUT2D eigenvalue weighted by Gasteiger charge is -2.22. The van der Waals surface area contributed by atoms with E-state index in [9.17, 15) is 21.6 Å². The maximum atomic E-state index is 13.0. The lowest BCUT2D eigenvalue weighted by Crippen LogP contribution is -2.30. The zero-order valence-electron chi connectivity index (χ0n) is 17.2. The SMILES string of the molecule is CCN(c1ccccc1)S(=O)(=O)c1ccc(NCCNc2ccc(C(F)(F)F)cn2)nc1. The number of anilines is 3. The number of alkyl halides is 3. The van der Waals surface area contributed by atoms with Crippen molar-refractivity contribution in [2.75, 3.05) is 34.6 Å². The Hall–Kier alpha value is -3.34. The lowest BCUT2D eigenvalue weighted by atomic mass is 10.3. The van der Waals surface area contributed by atoms with E-state index in [1.807, 2.05) is 6.07 Å². The van der Waals surface area contributed by atoms with E-state index < -0.39 is 21.8 Å². The number of sulfonamides is 1. The van der Waals surface area contributed by atoms with E-state index in [1.54, 1.807) is 37.3 Å². The molecule has 0 unspecified atom stereocenters. The van der Waals surface area contributed by atoms with Gasteiger partial charge in [0, 0.05) is 32.0 Å². The van der Waals surface area contributed by atoms with E-state index in [4.69, 9.17) is 0 Å². The van der Waals surface area contributed by atoms with Gasteiger partial charge >= 0.3 is 6.18 Å². The maximum Gasteiger partial charge on any atom is 0.417 e. The molecule has 0 aliphatic rings. The van der Waals surface area contributed by atoms with Crippen LogP contribution in [0.25, 0.3) is 0 Å². The molecule has 3 aromatic rings. The van der Waals surface area contributed by atoms with Gasteiger partial charge in [0.1, 0.15) is 16.5 Å². The van der Waals surface area contributed by atoms with Crippen LogP contribution in [0.4, 0.5) is 30.5 Å². The third-order valence-corrected chi connectivity index (χ3v) is 6.37. The second-order valence-electron chi connectivity index (χ2n) is 6.67. The van der Waals surface area contributed by atoms with Gasteiger partial charge in [-0.2, -0.15) is 13.2 Å². The summed E-state index contributed by atoms with van der Waals surface area (Å²) in [6.07, 6.45) is -2.37. The van der Waals surface area contributed by atoms with Gasteiger partial charge in [-0.05, 0) is 43.3 Å². The van der Waals surface area contributed by atoms with Crippen LogP contribution in [0.1, 0.15) is 12.5 Å². The summed E-state index contributed by atoms with van der Waals surface area (Å²) in [6, 6.07) is 14.1. The molecule has 7 nitrogen and oxygen atoms in total. The fourth-order valence-electron chi connectivity index (χ4n) is 2.90. The van der Waals surface area contributed by atoms with Crippen molar-refractivity contribution in [1.82, 2.24) is 9.97 Å². The van der Waals surface area contributed by atoms with Gasteiger partial charge in [0.05, 0.1) is 11.3 Å². The molecule has 0 amide bonds. The Morgan fingerprint density at radius 1 is 0.875 bits per heavy atom. The molecule has 2 heterocycles. The van der Waals surface area contributed by atoms with E-state index >= 15 is 0 Å². The highest BCUT2D eigenvalue weighted by molar-refractivity contribution is 7.92. The number of nitrogens with zero attached hydrogens (tertiary/aromatic N) is 3. The molecule has 11 heteroatoms. The average Bonchev–Trinajstić information content (AvgIpc) is 2.78. The molecule has 1 aromatic carbocycles. The summed E-state index contributed by atoms with van der Waals surface area (Å²) in [6.45, 7) is 2.80. The number of para-hydroxylation sites is 1. The van der Waals surface area contributed by atoms with Crippen molar-refractivity contribution < 1.29 is 21.6 Å². The highest BCUT2D eigenvalue weighted by Gasteiger charge is 2.30. The van der Waals surface area contributed by atoms with E-state index in [0.29, 0.717) is 30.4 Å². The van der Waals surface area contributed by atoms with Crippen molar-refractivity contribution in [2.24, 2.45) is 0 Å². The zero-order valence-corrected chi connectivity index (χ0v) is 18.0. The van der Waals surface area contributed by atoms with Gasteiger partial charge in [-0.1, -0.05) is 18.2 Å². The quantitative estimate of drug-likeness (QED) is 0.460. The van der Waals surface area contributed by atoms with E-state index in [-0.39, 0.29) is 11.4 Å². The summed E-state index contributed by atoms with van der Waals surface area (Å²) in [7, 11) is -3.75. The van der Waals surface area contributed by atoms with Crippen LogP contribution in [0.3, 0.4) is 0 Å². The Bertz CT molecular complexity index is 1110. The minimum absolute atomic E-state index is 0.0702. The minimum atomic E-state index is -4.42. The highest BCUT2D eigenvalue weighted by Crippen LogP contribution is 2.28. The Labute approximate surface area is 184 Å². The predicted molar refractivity (Wildman–Crippen MR) is 117 cm³/mol. The first kappa shape index (κ1) is 23.3. The number of nitrogens with one attached hydrogen (secondary N) is 2. The smallest absolute Gasteiger partial charge is 0.368 e. The van der Waals surface area contributed by atoms with Crippen molar-refractivity contribution in [3.63, 3.8) is 0 Å². The second-order valence-corrected chi connectivity index (χ2v) is 8.53. The van der Waals surface area contributed by atoms with E-state index in [0.717, 1.165) is 12.3 Å². The van der Waals surface area contributed by atoms with Gasteiger partial charge < -0.3 is 10.6 Å². The second kappa shape index (κ2) is 9.86. The summed E-state index contributed by atoms with van der Waals surface area (Å²) in [4.78, 5) is 7.96. The summed E-state index contributed by atoms with van der Waals surface area (Å²) in [5.74, 6) is 0.781. The molecule has 32 heavy (non-hydrogen) atoms.